The van der Waals surface area contributed by atoms with Crippen molar-refractivity contribution in [2.75, 3.05) is 13.1 Å². The molecule has 2 unspecified atom stereocenters. The largest absolute Gasteiger partial charge is 0.457 e. The summed E-state index contributed by atoms with van der Waals surface area (Å²) >= 11 is 0. The van der Waals surface area contributed by atoms with E-state index in [1.807, 2.05) is 37.3 Å². The minimum Gasteiger partial charge on any atom is -0.457 e. The number of fused-ring (bicyclic) bond motifs is 1. The minimum absolute atomic E-state index is 0.258. The molecule has 2 fully saturated rings. The van der Waals surface area contributed by atoms with Gasteiger partial charge in [0.15, 0.2) is 0 Å². The molecule has 2 aliphatic rings. The van der Waals surface area contributed by atoms with Crippen molar-refractivity contribution in [3.8, 4) is 0 Å². The second kappa shape index (κ2) is 9.11. The first-order valence-corrected chi connectivity index (χ1v) is 12.1. The second-order valence-electron chi connectivity index (χ2n) is 9.85. The lowest BCUT2D eigenvalue weighted by Gasteiger charge is -2.31. The number of rotatable bonds is 7. The molecule has 0 spiro atoms. The van der Waals surface area contributed by atoms with Gasteiger partial charge in [0, 0.05) is 35.7 Å². The monoisotopic (exact) mass is 430 g/mol. The number of carbonyl (C=O) groups excluding carboxylic acids is 1. The van der Waals surface area contributed by atoms with Gasteiger partial charge in [-0.25, -0.2) is 4.79 Å². The molecule has 2 aromatic carbocycles. The van der Waals surface area contributed by atoms with Crippen LogP contribution in [0.5, 0.6) is 0 Å². The van der Waals surface area contributed by atoms with Crippen molar-refractivity contribution in [3.63, 3.8) is 0 Å². The standard InChI is InChI=1S/C28H34N2O2/c1-19-15-24(23-9-6-10-23)17-30(19)14-13-21-11-12-26-25(16-21)27(20(2)29-26)28(31)32-18-22-7-4-3-5-8-22/h3-5,7-8,11-12,16,19,23-24,29H,6,9-10,13-15,17-18H2,1-2H3. The molecule has 0 amide bonds. The third kappa shape index (κ3) is 4.33. The quantitative estimate of drug-likeness (QED) is 0.476. The van der Waals surface area contributed by atoms with Crippen molar-refractivity contribution >= 4 is 16.9 Å². The summed E-state index contributed by atoms with van der Waals surface area (Å²) in [6.45, 7) is 6.98. The fourth-order valence-electron chi connectivity index (χ4n) is 5.57. The number of benzene rings is 2. The number of H-pyrrole nitrogens is 1. The third-order valence-corrected chi connectivity index (χ3v) is 7.71. The van der Waals surface area contributed by atoms with E-state index >= 15 is 0 Å². The molecule has 5 rings (SSSR count). The Morgan fingerprint density at radius 3 is 2.66 bits per heavy atom. The van der Waals surface area contributed by atoms with Gasteiger partial charge in [-0.2, -0.15) is 0 Å². The molecule has 1 aromatic heterocycles. The summed E-state index contributed by atoms with van der Waals surface area (Å²) in [7, 11) is 0. The summed E-state index contributed by atoms with van der Waals surface area (Å²) in [5.74, 6) is 1.62. The van der Waals surface area contributed by atoms with Crippen LogP contribution in [-0.2, 0) is 17.8 Å². The molecule has 2 heterocycles. The Morgan fingerprint density at radius 2 is 1.91 bits per heavy atom. The average Bonchev–Trinajstić information content (AvgIpc) is 3.28. The smallest absolute Gasteiger partial charge is 0.340 e. The number of carbonyl (C=O) groups is 1. The van der Waals surface area contributed by atoms with E-state index in [9.17, 15) is 4.79 Å². The number of hydrogen-bond donors (Lipinski definition) is 1. The molecule has 1 saturated heterocycles. The molecule has 0 bridgehead atoms. The van der Waals surface area contributed by atoms with E-state index in [0.717, 1.165) is 47.0 Å². The Morgan fingerprint density at radius 1 is 1.09 bits per heavy atom. The van der Waals surface area contributed by atoms with Crippen molar-refractivity contribution in [1.29, 1.82) is 0 Å². The van der Waals surface area contributed by atoms with Gasteiger partial charge < -0.3 is 14.6 Å². The summed E-state index contributed by atoms with van der Waals surface area (Å²) in [6.07, 6.45) is 6.69. The van der Waals surface area contributed by atoms with Gasteiger partial charge in [-0.05, 0) is 61.8 Å². The summed E-state index contributed by atoms with van der Waals surface area (Å²) < 4.78 is 5.64. The van der Waals surface area contributed by atoms with Crippen LogP contribution in [0.4, 0.5) is 0 Å². The van der Waals surface area contributed by atoms with Gasteiger partial charge in [-0.1, -0.05) is 55.7 Å². The predicted octanol–water partition coefficient (Wildman–Crippen LogP) is 5.89. The van der Waals surface area contributed by atoms with E-state index in [0.29, 0.717) is 18.2 Å². The van der Waals surface area contributed by atoms with Crippen molar-refractivity contribution < 1.29 is 9.53 Å². The number of nitrogens with zero attached hydrogens (tertiary/aromatic N) is 1. The Bertz CT molecular complexity index is 1080. The maximum atomic E-state index is 12.9. The Kier molecular flexibility index (Phi) is 6.05. The number of aromatic nitrogens is 1. The third-order valence-electron chi connectivity index (χ3n) is 7.71. The van der Waals surface area contributed by atoms with Crippen LogP contribution < -0.4 is 0 Å². The summed E-state index contributed by atoms with van der Waals surface area (Å²) in [4.78, 5) is 18.9. The molecule has 1 aliphatic heterocycles. The maximum absolute atomic E-state index is 12.9. The second-order valence-corrected chi connectivity index (χ2v) is 9.85. The van der Waals surface area contributed by atoms with Crippen LogP contribution in [0.2, 0.25) is 0 Å². The van der Waals surface area contributed by atoms with Gasteiger partial charge >= 0.3 is 5.97 Å². The topological polar surface area (TPSA) is 45.3 Å². The lowest BCUT2D eigenvalue weighted by Crippen LogP contribution is -2.30. The summed E-state index contributed by atoms with van der Waals surface area (Å²) in [6, 6.07) is 17.0. The normalized spacial score (nSPS) is 21.7. The van der Waals surface area contributed by atoms with E-state index < -0.39 is 0 Å². The number of nitrogens with one attached hydrogen (secondary N) is 1. The van der Waals surface area contributed by atoms with Crippen LogP contribution in [-0.4, -0.2) is 35.0 Å². The van der Waals surface area contributed by atoms with Crippen LogP contribution in [0.25, 0.3) is 10.9 Å². The summed E-state index contributed by atoms with van der Waals surface area (Å²) in [5, 5.41) is 0.972. The molecule has 32 heavy (non-hydrogen) atoms. The Balaban J connectivity index is 1.26. The number of likely N-dealkylation sites (tertiary alicyclic amines) is 1. The molecule has 1 aliphatic carbocycles. The van der Waals surface area contributed by atoms with Crippen molar-refractivity contribution in [2.24, 2.45) is 11.8 Å². The van der Waals surface area contributed by atoms with E-state index in [4.69, 9.17) is 4.74 Å². The molecular weight excluding hydrogens is 396 g/mol. The molecule has 4 nitrogen and oxygen atoms in total. The highest BCUT2D eigenvalue weighted by Gasteiger charge is 2.36. The van der Waals surface area contributed by atoms with E-state index in [2.05, 4.69) is 35.0 Å². The fraction of sp³-hybridized carbons (Fsp3) is 0.464. The molecule has 168 valence electrons. The van der Waals surface area contributed by atoms with Crippen molar-refractivity contribution in [1.82, 2.24) is 9.88 Å². The van der Waals surface area contributed by atoms with E-state index in [1.165, 1.54) is 37.8 Å². The lowest BCUT2D eigenvalue weighted by molar-refractivity contribution is 0.0474. The first-order chi connectivity index (χ1) is 15.6. The number of aromatic amines is 1. The molecule has 4 heteroatoms. The highest BCUT2D eigenvalue weighted by molar-refractivity contribution is 6.05. The highest BCUT2D eigenvalue weighted by atomic mass is 16.5. The molecule has 1 saturated carbocycles. The number of aryl methyl sites for hydroxylation is 1. The van der Waals surface area contributed by atoms with E-state index in [-0.39, 0.29) is 5.97 Å². The first kappa shape index (κ1) is 21.3. The SMILES string of the molecule is Cc1[nH]c2ccc(CCN3CC(C4CCC4)CC3C)cc2c1C(=O)OCc1ccccc1. The van der Waals surface area contributed by atoms with Crippen LogP contribution in [0.15, 0.2) is 48.5 Å². The minimum atomic E-state index is -0.258. The maximum Gasteiger partial charge on any atom is 0.340 e. The molecule has 1 N–H and O–H groups in total. The van der Waals surface area contributed by atoms with Crippen LogP contribution in [0.1, 0.15) is 59.8 Å². The van der Waals surface area contributed by atoms with Gasteiger partial charge in [0.1, 0.15) is 6.61 Å². The van der Waals surface area contributed by atoms with Gasteiger partial charge in [0.25, 0.3) is 0 Å². The lowest BCUT2D eigenvalue weighted by atomic mass is 9.75. The van der Waals surface area contributed by atoms with Gasteiger partial charge in [0.2, 0.25) is 0 Å². The zero-order chi connectivity index (χ0) is 22.1. The zero-order valence-corrected chi connectivity index (χ0v) is 19.3. The van der Waals surface area contributed by atoms with E-state index in [1.54, 1.807) is 0 Å². The van der Waals surface area contributed by atoms with Crippen LogP contribution in [0.3, 0.4) is 0 Å². The molecular formula is C28H34N2O2. The van der Waals surface area contributed by atoms with Crippen LogP contribution in [0, 0.1) is 18.8 Å². The fourth-order valence-corrected chi connectivity index (χ4v) is 5.57. The summed E-state index contributed by atoms with van der Waals surface area (Å²) in [5.41, 5.74) is 4.81. The molecule has 3 aromatic rings. The number of hydrogen-bond acceptors (Lipinski definition) is 3. The average molecular weight is 431 g/mol. The highest BCUT2D eigenvalue weighted by Crippen LogP contribution is 2.40. The Hall–Kier alpha value is -2.59. The van der Waals surface area contributed by atoms with Gasteiger partial charge in [-0.15, -0.1) is 0 Å². The van der Waals surface area contributed by atoms with Crippen LogP contribution >= 0.6 is 0 Å². The number of esters is 1. The first-order valence-electron chi connectivity index (χ1n) is 12.1. The number of ether oxygens (including phenoxy) is 1. The predicted molar refractivity (Wildman–Crippen MR) is 129 cm³/mol. The van der Waals surface area contributed by atoms with Gasteiger partial charge in [-0.3, -0.25) is 0 Å². The van der Waals surface area contributed by atoms with Crippen molar-refractivity contribution in [2.45, 2.75) is 58.6 Å². The molecule has 2 atom stereocenters. The molecule has 0 radical (unpaired) electrons. The van der Waals surface area contributed by atoms with Gasteiger partial charge in [0.05, 0.1) is 5.56 Å². The Labute approximate surface area is 191 Å². The zero-order valence-electron chi connectivity index (χ0n) is 19.3. The van der Waals surface area contributed by atoms with Crippen molar-refractivity contribution in [3.05, 3.63) is 70.9 Å².